The molecule has 0 spiro atoms. The van der Waals surface area contributed by atoms with E-state index in [-0.39, 0.29) is 5.75 Å². The molecule has 0 fully saturated rings. The number of thioether (sulfide) groups is 1. The summed E-state index contributed by atoms with van der Waals surface area (Å²) in [7, 11) is -3.28. The zero-order chi connectivity index (χ0) is 14.1. The minimum absolute atomic E-state index is 0.0404. The van der Waals surface area contributed by atoms with E-state index >= 15 is 0 Å². The molecule has 0 bridgehead atoms. The predicted molar refractivity (Wildman–Crippen MR) is 79.4 cm³/mol. The zero-order valence-corrected chi connectivity index (χ0v) is 12.6. The summed E-state index contributed by atoms with van der Waals surface area (Å²) in [6.45, 7) is 0.485. The standard InChI is InChI=1S/C13H18N2O2S2/c1-18-9-3-2-8-15-19(16,17)11-13-6-4-12(10-14)5-7-13/h4-7,15H,2-3,8-9,11H2,1H3. The number of hydrogen-bond acceptors (Lipinski definition) is 4. The maximum atomic E-state index is 11.8. The van der Waals surface area contributed by atoms with Gasteiger partial charge in [0.15, 0.2) is 0 Å². The summed E-state index contributed by atoms with van der Waals surface area (Å²) >= 11 is 1.76. The van der Waals surface area contributed by atoms with Gasteiger partial charge in [-0.25, -0.2) is 13.1 Å². The summed E-state index contributed by atoms with van der Waals surface area (Å²) in [6, 6.07) is 8.60. The smallest absolute Gasteiger partial charge is 0.215 e. The second kappa shape index (κ2) is 8.20. The van der Waals surface area contributed by atoms with Crippen LogP contribution in [0.3, 0.4) is 0 Å². The zero-order valence-electron chi connectivity index (χ0n) is 10.9. The molecule has 0 radical (unpaired) electrons. The van der Waals surface area contributed by atoms with Gasteiger partial charge in [-0.2, -0.15) is 17.0 Å². The first-order chi connectivity index (χ1) is 9.07. The normalized spacial score (nSPS) is 11.2. The van der Waals surface area contributed by atoms with E-state index in [1.807, 2.05) is 12.3 Å². The predicted octanol–water partition coefficient (Wildman–Crippen LogP) is 2.12. The van der Waals surface area contributed by atoms with Gasteiger partial charge in [0.2, 0.25) is 10.0 Å². The molecule has 0 aromatic heterocycles. The van der Waals surface area contributed by atoms with E-state index in [1.165, 1.54) is 0 Å². The van der Waals surface area contributed by atoms with E-state index < -0.39 is 10.0 Å². The van der Waals surface area contributed by atoms with Crippen molar-refractivity contribution in [1.29, 1.82) is 5.26 Å². The molecule has 1 aromatic rings. The van der Waals surface area contributed by atoms with Gasteiger partial charge in [0, 0.05) is 6.54 Å². The molecule has 1 aromatic carbocycles. The van der Waals surface area contributed by atoms with E-state index in [1.54, 1.807) is 36.0 Å². The SMILES string of the molecule is CSCCCCNS(=O)(=O)Cc1ccc(C#N)cc1. The topological polar surface area (TPSA) is 70.0 Å². The minimum atomic E-state index is -3.28. The van der Waals surface area contributed by atoms with Crippen molar-refractivity contribution in [3.05, 3.63) is 35.4 Å². The summed E-state index contributed by atoms with van der Waals surface area (Å²) < 4.78 is 26.2. The number of nitrogens with one attached hydrogen (secondary N) is 1. The van der Waals surface area contributed by atoms with Crippen LogP contribution in [0.2, 0.25) is 0 Å². The van der Waals surface area contributed by atoms with E-state index in [0.29, 0.717) is 17.7 Å². The molecule has 4 nitrogen and oxygen atoms in total. The molecule has 0 aliphatic heterocycles. The quantitative estimate of drug-likeness (QED) is 0.746. The van der Waals surface area contributed by atoms with Crippen LogP contribution >= 0.6 is 11.8 Å². The van der Waals surface area contributed by atoms with Crippen LogP contribution in [0.4, 0.5) is 0 Å². The second-order valence-electron chi connectivity index (χ2n) is 4.16. The molecular weight excluding hydrogens is 280 g/mol. The molecule has 1 N–H and O–H groups in total. The van der Waals surface area contributed by atoms with Crippen molar-refractivity contribution in [3.63, 3.8) is 0 Å². The highest BCUT2D eigenvalue weighted by molar-refractivity contribution is 7.98. The number of rotatable bonds is 8. The van der Waals surface area contributed by atoms with Crippen molar-refractivity contribution in [2.45, 2.75) is 18.6 Å². The van der Waals surface area contributed by atoms with Crippen LogP contribution < -0.4 is 4.72 Å². The van der Waals surface area contributed by atoms with Crippen LogP contribution in [0.1, 0.15) is 24.0 Å². The van der Waals surface area contributed by atoms with Crippen molar-refractivity contribution in [2.24, 2.45) is 0 Å². The first kappa shape index (κ1) is 16.0. The Morgan fingerprint density at radius 2 is 1.95 bits per heavy atom. The minimum Gasteiger partial charge on any atom is -0.215 e. The van der Waals surface area contributed by atoms with E-state index in [4.69, 9.17) is 5.26 Å². The third-order valence-corrected chi connectivity index (χ3v) is 4.59. The van der Waals surface area contributed by atoms with E-state index in [2.05, 4.69) is 4.72 Å². The molecule has 0 aliphatic rings. The summed E-state index contributed by atoms with van der Waals surface area (Å²) in [5, 5.41) is 8.67. The molecule has 0 unspecified atom stereocenters. The molecule has 1 rings (SSSR count). The van der Waals surface area contributed by atoms with Crippen LogP contribution in [0, 0.1) is 11.3 Å². The van der Waals surface area contributed by atoms with Crippen molar-refractivity contribution in [2.75, 3.05) is 18.6 Å². The highest BCUT2D eigenvalue weighted by Crippen LogP contribution is 2.07. The van der Waals surface area contributed by atoms with Crippen molar-refractivity contribution in [3.8, 4) is 6.07 Å². The van der Waals surface area contributed by atoms with Crippen molar-refractivity contribution in [1.82, 2.24) is 4.72 Å². The van der Waals surface area contributed by atoms with Gasteiger partial charge >= 0.3 is 0 Å². The van der Waals surface area contributed by atoms with Crippen LogP contribution in [0.25, 0.3) is 0 Å². The van der Waals surface area contributed by atoms with Gasteiger partial charge in [0.05, 0.1) is 17.4 Å². The van der Waals surface area contributed by atoms with Gasteiger partial charge in [-0.15, -0.1) is 0 Å². The molecule has 0 saturated heterocycles. The highest BCUT2D eigenvalue weighted by atomic mass is 32.2. The molecule has 6 heteroatoms. The lowest BCUT2D eigenvalue weighted by atomic mass is 10.2. The fourth-order valence-corrected chi connectivity index (χ4v) is 3.23. The third kappa shape index (κ3) is 6.62. The Labute approximate surface area is 119 Å². The Bertz CT molecular complexity index is 519. The average molecular weight is 298 g/mol. The Kier molecular flexibility index (Phi) is 6.92. The largest absolute Gasteiger partial charge is 0.215 e. The molecule has 19 heavy (non-hydrogen) atoms. The van der Waals surface area contributed by atoms with Crippen LogP contribution in [-0.2, 0) is 15.8 Å². The average Bonchev–Trinajstić information content (AvgIpc) is 2.39. The summed E-state index contributed by atoms with van der Waals surface area (Å²) in [6.07, 6.45) is 3.91. The number of benzene rings is 1. The summed E-state index contributed by atoms with van der Waals surface area (Å²) in [4.78, 5) is 0. The molecule has 0 heterocycles. The van der Waals surface area contributed by atoms with E-state index in [0.717, 1.165) is 18.6 Å². The number of nitriles is 1. The van der Waals surface area contributed by atoms with Gasteiger partial charge in [-0.3, -0.25) is 0 Å². The van der Waals surface area contributed by atoms with Gasteiger partial charge in [-0.1, -0.05) is 12.1 Å². The fraction of sp³-hybridized carbons (Fsp3) is 0.462. The molecule has 104 valence electrons. The van der Waals surface area contributed by atoms with Crippen LogP contribution in [-0.4, -0.2) is 27.0 Å². The van der Waals surface area contributed by atoms with Gasteiger partial charge in [-0.05, 0) is 42.5 Å². The van der Waals surface area contributed by atoms with Gasteiger partial charge in [0.1, 0.15) is 0 Å². The highest BCUT2D eigenvalue weighted by Gasteiger charge is 2.10. The number of nitrogens with zero attached hydrogens (tertiary/aromatic N) is 1. The molecule has 0 atom stereocenters. The lowest BCUT2D eigenvalue weighted by molar-refractivity contribution is 0.577. The maximum Gasteiger partial charge on any atom is 0.215 e. The Balaban J connectivity index is 2.43. The first-order valence-electron chi connectivity index (χ1n) is 6.03. The third-order valence-electron chi connectivity index (χ3n) is 2.54. The summed E-state index contributed by atoms with van der Waals surface area (Å²) in [5.74, 6) is 1.01. The molecule has 0 saturated carbocycles. The fourth-order valence-electron chi connectivity index (χ4n) is 1.55. The van der Waals surface area contributed by atoms with Crippen LogP contribution in [0.5, 0.6) is 0 Å². The Morgan fingerprint density at radius 3 is 2.53 bits per heavy atom. The first-order valence-corrected chi connectivity index (χ1v) is 9.07. The Morgan fingerprint density at radius 1 is 1.26 bits per heavy atom. The van der Waals surface area contributed by atoms with Gasteiger partial charge in [0.25, 0.3) is 0 Å². The van der Waals surface area contributed by atoms with E-state index in [9.17, 15) is 8.42 Å². The summed E-state index contributed by atoms with van der Waals surface area (Å²) in [5.41, 5.74) is 1.22. The number of hydrogen-bond donors (Lipinski definition) is 1. The molecule has 0 aliphatic carbocycles. The Hall–Kier alpha value is -1.03. The lowest BCUT2D eigenvalue weighted by Crippen LogP contribution is -2.26. The number of unbranched alkanes of at least 4 members (excludes halogenated alkanes) is 1. The van der Waals surface area contributed by atoms with Gasteiger partial charge < -0.3 is 0 Å². The monoisotopic (exact) mass is 298 g/mol. The van der Waals surface area contributed by atoms with Crippen molar-refractivity contribution >= 4 is 21.8 Å². The maximum absolute atomic E-state index is 11.8. The molecular formula is C13H18N2O2S2. The molecule has 0 amide bonds. The number of sulfonamides is 1. The second-order valence-corrected chi connectivity index (χ2v) is 6.95. The van der Waals surface area contributed by atoms with Crippen LogP contribution in [0.15, 0.2) is 24.3 Å². The lowest BCUT2D eigenvalue weighted by Gasteiger charge is -2.06. The van der Waals surface area contributed by atoms with Crippen molar-refractivity contribution < 1.29 is 8.42 Å².